The Bertz CT molecular complexity index is 490. The molecule has 116 valence electrons. The molecule has 0 bridgehead atoms. The zero-order valence-corrected chi connectivity index (χ0v) is 12.2. The SMILES string of the molecule is CCCCNC(=N)NC(=N)NCCc1ccc(O)c(O)c1. The minimum absolute atomic E-state index is 0.0481. The molecule has 0 heterocycles. The summed E-state index contributed by atoms with van der Waals surface area (Å²) in [5, 5.41) is 42.1. The number of guanidine groups is 2. The Morgan fingerprint density at radius 1 is 1.05 bits per heavy atom. The van der Waals surface area contributed by atoms with Crippen molar-refractivity contribution in [2.75, 3.05) is 13.1 Å². The third-order valence-corrected chi connectivity index (χ3v) is 2.84. The lowest BCUT2D eigenvalue weighted by molar-refractivity contribution is 0.403. The average Bonchev–Trinajstić information content (AvgIpc) is 2.43. The van der Waals surface area contributed by atoms with Crippen LogP contribution in [-0.2, 0) is 6.42 Å². The topological polar surface area (TPSA) is 124 Å². The van der Waals surface area contributed by atoms with Crippen LogP contribution in [0.1, 0.15) is 25.3 Å². The van der Waals surface area contributed by atoms with Gasteiger partial charge in [-0.2, -0.15) is 0 Å². The highest BCUT2D eigenvalue weighted by molar-refractivity contribution is 5.95. The lowest BCUT2D eigenvalue weighted by Crippen LogP contribution is -2.46. The number of hydrogen-bond acceptors (Lipinski definition) is 4. The van der Waals surface area contributed by atoms with Crippen molar-refractivity contribution >= 4 is 11.9 Å². The second-order valence-corrected chi connectivity index (χ2v) is 4.66. The molecule has 0 fully saturated rings. The minimum atomic E-state index is -0.150. The summed E-state index contributed by atoms with van der Waals surface area (Å²) in [6.45, 7) is 3.27. The maximum Gasteiger partial charge on any atom is 0.195 e. The van der Waals surface area contributed by atoms with E-state index in [1.807, 2.05) is 0 Å². The fraction of sp³-hybridized carbons (Fsp3) is 0.429. The average molecular weight is 293 g/mol. The van der Waals surface area contributed by atoms with E-state index in [2.05, 4.69) is 22.9 Å². The van der Waals surface area contributed by atoms with Gasteiger partial charge in [-0.1, -0.05) is 19.4 Å². The van der Waals surface area contributed by atoms with Gasteiger partial charge in [0.1, 0.15) is 0 Å². The van der Waals surface area contributed by atoms with Crippen LogP contribution >= 0.6 is 0 Å². The van der Waals surface area contributed by atoms with Crippen LogP contribution in [0.4, 0.5) is 0 Å². The molecule has 1 rings (SSSR count). The lowest BCUT2D eigenvalue weighted by atomic mass is 10.1. The standard InChI is InChI=1S/C14H23N5O2/c1-2-3-7-17-13(15)19-14(16)18-8-6-10-4-5-11(20)12(21)9-10/h4-5,9,20-21H,2-3,6-8H2,1H3,(H5,15,16,17,18,19). The number of rotatable bonds is 6. The quantitative estimate of drug-likeness (QED) is 0.183. The van der Waals surface area contributed by atoms with Crippen molar-refractivity contribution in [2.24, 2.45) is 0 Å². The summed E-state index contributed by atoms with van der Waals surface area (Å²) in [5.74, 6) is -0.148. The molecule has 1 aromatic carbocycles. The smallest absolute Gasteiger partial charge is 0.195 e. The molecule has 0 spiro atoms. The van der Waals surface area contributed by atoms with Gasteiger partial charge >= 0.3 is 0 Å². The van der Waals surface area contributed by atoms with Gasteiger partial charge in [-0.15, -0.1) is 0 Å². The number of benzene rings is 1. The molecule has 0 saturated carbocycles. The van der Waals surface area contributed by atoms with Gasteiger partial charge in [0, 0.05) is 13.1 Å². The van der Waals surface area contributed by atoms with Crippen LogP contribution in [0.3, 0.4) is 0 Å². The number of hydrogen-bond donors (Lipinski definition) is 7. The third kappa shape index (κ3) is 6.51. The first-order valence-corrected chi connectivity index (χ1v) is 6.95. The van der Waals surface area contributed by atoms with E-state index in [1.165, 1.54) is 12.1 Å². The van der Waals surface area contributed by atoms with Crippen molar-refractivity contribution in [3.63, 3.8) is 0 Å². The Morgan fingerprint density at radius 2 is 1.71 bits per heavy atom. The molecule has 1 aromatic rings. The van der Waals surface area contributed by atoms with Crippen molar-refractivity contribution in [3.05, 3.63) is 23.8 Å². The van der Waals surface area contributed by atoms with Crippen molar-refractivity contribution in [3.8, 4) is 11.5 Å². The van der Waals surface area contributed by atoms with Gasteiger partial charge in [-0.05, 0) is 30.5 Å². The van der Waals surface area contributed by atoms with Crippen LogP contribution in [0.5, 0.6) is 11.5 Å². The molecule has 7 nitrogen and oxygen atoms in total. The maximum absolute atomic E-state index is 9.37. The highest BCUT2D eigenvalue weighted by Gasteiger charge is 2.02. The lowest BCUT2D eigenvalue weighted by Gasteiger charge is -2.12. The van der Waals surface area contributed by atoms with Crippen molar-refractivity contribution in [1.29, 1.82) is 10.8 Å². The Hall–Kier alpha value is -2.44. The second-order valence-electron chi connectivity index (χ2n) is 4.66. The molecule has 7 N–H and O–H groups in total. The van der Waals surface area contributed by atoms with E-state index < -0.39 is 0 Å². The first-order chi connectivity index (χ1) is 10.0. The Balaban J connectivity index is 2.23. The Labute approximate surface area is 124 Å². The molecule has 0 amide bonds. The van der Waals surface area contributed by atoms with E-state index in [-0.39, 0.29) is 23.4 Å². The van der Waals surface area contributed by atoms with Gasteiger partial charge in [0.2, 0.25) is 0 Å². The summed E-state index contributed by atoms with van der Waals surface area (Å²) in [7, 11) is 0. The van der Waals surface area contributed by atoms with Crippen LogP contribution in [-0.4, -0.2) is 35.2 Å². The normalized spacial score (nSPS) is 9.95. The van der Waals surface area contributed by atoms with Gasteiger partial charge in [0.25, 0.3) is 0 Å². The molecule has 0 aliphatic carbocycles. The van der Waals surface area contributed by atoms with Crippen molar-refractivity contribution in [1.82, 2.24) is 16.0 Å². The maximum atomic E-state index is 9.37. The molecule has 0 aliphatic rings. The number of aromatic hydroxyl groups is 2. The fourth-order valence-electron chi connectivity index (χ4n) is 1.66. The van der Waals surface area contributed by atoms with E-state index in [4.69, 9.17) is 10.8 Å². The summed E-state index contributed by atoms with van der Waals surface area (Å²) in [6, 6.07) is 4.63. The summed E-state index contributed by atoms with van der Waals surface area (Å²) < 4.78 is 0. The van der Waals surface area contributed by atoms with Gasteiger partial charge in [-0.25, -0.2) is 0 Å². The van der Waals surface area contributed by atoms with E-state index in [1.54, 1.807) is 6.07 Å². The first-order valence-electron chi connectivity index (χ1n) is 6.95. The molecule has 0 atom stereocenters. The van der Waals surface area contributed by atoms with Crippen LogP contribution in [0.15, 0.2) is 18.2 Å². The van der Waals surface area contributed by atoms with Gasteiger partial charge < -0.3 is 20.8 Å². The van der Waals surface area contributed by atoms with E-state index in [0.29, 0.717) is 19.5 Å². The molecular weight excluding hydrogens is 270 g/mol. The molecule has 21 heavy (non-hydrogen) atoms. The zero-order valence-electron chi connectivity index (χ0n) is 12.2. The van der Waals surface area contributed by atoms with E-state index in [0.717, 1.165) is 18.4 Å². The highest BCUT2D eigenvalue weighted by atomic mass is 16.3. The minimum Gasteiger partial charge on any atom is -0.504 e. The van der Waals surface area contributed by atoms with E-state index >= 15 is 0 Å². The fourth-order valence-corrected chi connectivity index (χ4v) is 1.66. The largest absolute Gasteiger partial charge is 0.504 e. The second kappa shape index (κ2) is 8.68. The third-order valence-electron chi connectivity index (χ3n) is 2.84. The van der Waals surface area contributed by atoms with Gasteiger partial charge in [-0.3, -0.25) is 16.1 Å². The summed E-state index contributed by atoms with van der Waals surface area (Å²) >= 11 is 0. The predicted octanol–water partition coefficient (Wildman–Crippen LogP) is 1.08. The van der Waals surface area contributed by atoms with Gasteiger partial charge in [0.15, 0.2) is 23.4 Å². The highest BCUT2D eigenvalue weighted by Crippen LogP contribution is 2.24. The predicted molar refractivity (Wildman–Crippen MR) is 83.0 cm³/mol. The van der Waals surface area contributed by atoms with Crippen LogP contribution in [0.2, 0.25) is 0 Å². The summed E-state index contributed by atoms with van der Waals surface area (Å²) in [6.07, 6.45) is 2.62. The van der Waals surface area contributed by atoms with Gasteiger partial charge in [0.05, 0.1) is 0 Å². The number of nitrogens with one attached hydrogen (secondary N) is 5. The van der Waals surface area contributed by atoms with Crippen LogP contribution in [0.25, 0.3) is 0 Å². The summed E-state index contributed by atoms with van der Waals surface area (Å²) in [5.41, 5.74) is 0.849. The van der Waals surface area contributed by atoms with E-state index in [9.17, 15) is 10.2 Å². The number of unbranched alkanes of at least 4 members (excludes halogenated alkanes) is 1. The van der Waals surface area contributed by atoms with Crippen LogP contribution in [0, 0.1) is 10.8 Å². The molecule has 0 unspecified atom stereocenters. The van der Waals surface area contributed by atoms with Crippen LogP contribution < -0.4 is 16.0 Å². The molecule has 0 radical (unpaired) electrons. The number of phenols is 2. The monoisotopic (exact) mass is 293 g/mol. The molecule has 0 saturated heterocycles. The molecular formula is C14H23N5O2. The molecule has 0 aliphatic heterocycles. The first kappa shape index (κ1) is 16.6. The van der Waals surface area contributed by atoms with Crippen molar-refractivity contribution < 1.29 is 10.2 Å². The molecule has 7 heteroatoms. The molecule has 0 aromatic heterocycles. The Morgan fingerprint density at radius 3 is 2.33 bits per heavy atom. The van der Waals surface area contributed by atoms with Crippen molar-refractivity contribution in [2.45, 2.75) is 26.2 Å². The summed E-state index contributed by atoms with van der Waals surface area (Å²) in [4.78, 5) is 0. The Kier molecular flexibility index (Phi) is 6.86. The number of phenolic OH excluding ortho intramolecular Hbond substituents is 2. The zero-order chi connectivity index (χ0) is 15.7.